The highest BCUT2D eigenvalue weighted by Crippen LogP contribution is 2.16. The molecular weight excluding hydrogens is 206 g/mol. The Bertz CT molecular complexity index is 290. The minimum absolute atomic E-state index is 0.216. The van der Waals surface area contributed by atoms with Crippen LogP contribution in [0.5, 0.6) is 5.88 Å². The Morgan fingerprint density at radius 1 is 1.31 bits per heavy atom. The minimum Gasteiger partial charge on any atom is -0.480 e. The van der Waals surface area contributed by atoms with Crippen LogP contribution in [-0.4, -0.2) is 38.1 Å². The van der Waals surface area contributed by atoms with Crippen LogP contribution in [0.3, 0.4) is 0 Å². The summed E-state index contributed by atoms with van der Waals surface area (Å²) in [4.78, 5) is 0. The number of hydrogen-bond acceptors (Lipinski definition) is 5. The normalized spacial score (nSPS) is 12.4. The van der Waals surface area contributed by atoms with E-state index >= 15 is 0 Å². The number of nitrogens with zero attached hydrogens (tertiary/aromatic N) is 2. The van der Waals surface area contributed by atoms with Crippen LogP contribution in [0, 0.1) is 0 Å². The van der Waals surface area contributed by atoms with Crippen LogP contribution in [0.15, 0.2) is 12.1 Å². The zero-order valence-electron chi connectivity index (χ0n) is 10.1. The smallest absolute Gasteiger partial charge is 0.233 e. The fourth-order valence-electron chi connectivity index (χ4n) is 1.50. The third-order valence-corrected chi connectivity index (χ3v) is 2.42. The maximum atomic E-state index is 5.03. The van der Waals surface area contributed by atoms with Gasteiger partial charge in [-0.3, -0.25) is 0 Å². The van der Waals surface area contributed by atoms with Crippen molar-refractivity contribution >= 4 is 0 Å². The molecule has 0 aliphatic carbocycles. The van der Waals surface area contributed by atoms with Gasteiger partial charge in [-0.05, 0) is 26.0 Å². The molecule has 0 radical (unpaired) electrons. The summed E-state index contributed by atoms with van der Waals surface area (Å²) in [6.45, 7) is 0.766. The Morgan fingerprint density at radius 3 is 2.62 bits per heavy atom. The predicted octanol–water partition coefficient (Wildman–Crippen LogP) is 1.17. The molecule has 0 fully saturated rings. The molecule has 0 saturated heterocycles. The number of methoxy groups -OCH3 is 2. The lowest BCUT2D eigenvalue weighted by atomic mass is 10.1. The van der Waals surface area contributed by atoms with Crippen molar-refractivity contribution in [3.05, 3.63) is 17.8 Å². The van der Waals surface area contributed by atoms with Gasteiger partial charge in [0, 0.05) is 19.8 Å². The van der Waals surface area contributed by atoms with Crippen LogP contribution in [0.4, 0.5) is 0 Å². The fourth-order valence-corrected chi connectivity index (χ4v) is 1.50. The number of rotatable bonds is 7. The average molecular weight is 225 g/mol. The summed E-state index contributed by atoms with van der Waals surface area (Å²) in [6, 6.07) is 3.97. The highest BCUT2D eigenvalue weighted by molar-refractivity contribution is 5.13. The van der Waals surface area contributed by atoms with Gasteiger partial charge in [-0.2, -0.15) is 5.10 Å². The molecule has 0 aromatic carbocycles. The van der Waals surface area contributed by atoms with E-state index in [2.05, 4.69) is 15.5 Å². The Balaban J connectivity index is 2.56. The van der Waals surface area contributed by atoms with Crippen molar-refractivity contribution < 1.29 is 9.47 Å². The number of nitrogens with one attached hydrogen (secondary N) is 1. The van der Waals surface area contributed by atoms with E-state index in [1.54, 1.807) is 14.2 Å². The zero-order valence-corrected chi connectivity index (χ0v) is 10.1. The monoisotopic (exact) mass is 225 g/mol. The summed E-state index contributed by atoms with van der Waals surface area (Å²) in [5.41, 5.74) is 0.930. The summed E-state index contributed by atoms with van der Waals surface area (Å²) in [5.74, 6) is 0.537. The third-order valence-electron chi connectivity index (χ3n) is 2.42. The van der Waals surface area contributed by atoms with Crippen molar-refractivity contribution in [2.24, 2.45) is 0 Å². The molecular formula is C11H19N3O2. The Labute approximate surface area is 96.2 Å². The van der Waals surface area contributed by atoms with Gasteiger partial charge >= 0.3 is 0 Å². The molecule has 0 bridgehead atoms. The summed E-state index contributed by atoms with van der Waals surface area (Å²) in [7, 11) is 5.21. The van der Waals surface area contributed by atoms with E-state index in [0.717, 1.165) is 25.1 Å². The summed E-state index contributed by atoms with van der Waals surface area (Å²) in [6.07, 6.45) is 1.97. The van der Waals surface area contributed by atoms with Gasteiger partial charge in [0.25, 0.3) is 0 Å². The molecule has 0 aliphatic rings. The second-order valence-corrected chi connectivity index (χ2v) is 3.48. The molecule has 0 spiro atoms. The van der Waals surface area contributed by atoms with E-state index in [1.807, 2.05) is 19.2 Å². The first-order chi connectivity index (χ1) is 7.81. The van der Waals surface area contributed by atoms with E-state index in [-0.39, 0.29) is 6.04 Å². The van der Waals surface area contributed by atoms with Crippen molar-refractivity contribution in [1.29, 1.82) is 0 Å². The lowest BCUT2D eigenvalue weighted by Crippen LogP contribution is -2.18. The summed E-state index contributed by atoms with van der Waals surface area (Å²) in [5, 5.41) is 11.3. The molecule has 1 aromatic heterocycles. The lowest BCUT2D eigenvalue weighted by molar-refractivity contribution is 0.189. The van der Waals surface area contributed by atoms with Gasteiger partial charge in [-0.25, -0.2) is 0 Å². The highest BCUT2D eigenvalue weighted by atomic mass is 16.5. The Kier molecular flexibility index (Phi) is 5.74. The van der Waals surface area contributed by atoms with Crippen molar-refractivity contribution in [3.63, 3.8) is 0 Å². The van der Waals surface area contributed by atoms with Gasteiger partial charge in [-0.15, -0.1) is 5.10 Å². The highest BCUT2D eigenvalue weighted by Gasteiger charge is 2.10. The fraction of sp³-hybridized carbons (Fsp3) is 0.636. The minimum atomic E-state index is 0.216. The molecule has 16 heavy (non-hydrogen) atoms. The van der Waals surface area contributed by atoms with Crippen molar-refractivity contribution in [2.75, 3.05) is 27.9 Å². The second kappa shape index (κ2) is 7.14. The van der Waals surface area contributed by atoms with Gasteiger partial charge in [0.05, 0.1) is 18.8 Å². The second-order valence-electron chi connectivity index (χ2n) is 3.48. The van der Waals surface area contributed by atoms with Crippen molar-refractivity contribution in [1.82, 2.24) is 15.5 Å². The SMILES string of the molecule is CNC(CCCOC)c1ccc(OC)nn1. The molecule has 1 heterocycles. The number of aromatic nitrogens is 2. The molecule has 1 aromatic rings. The first-order valence-corrected chi connectivity index (χ1v) is 5.35. The molecule has 0 aliphatic heterocycles. The molecule has 0 saturated carbocycles. The largest absolute Gasteiger partial charge is 0.480 e. The van der Waals surface area contributed by atoms with E-state index < -0.39 is 0 Å². The van der Waals surface area contributed by atoms with Gasteiger partial charge in [-0.1, -0.05) is 0 Å². The summed E-state index contributed by atoms with van der Waals surface area (Å²) < 4.78 is 9.99. The standard InChI is InChI=1S/C11H19N3O2/c1-12-9(5-4-8-15-2)10-6-7-11(16-3)14-13-10/h6-7,9,12H,4-5,8H2,1-3H3. The van der Waals surface area contributed by atoms with Crippen LogP contribution in [0.25, 0.3) is 0 Å². The van der Waals surface area contributed by atoms with Crippen LogP contribution in [0.1, 0.15) is 24.6 Å². The Hall–Kier alpha value is -1.20. The molecule has 90 valence electrons. The van der Waals surface area contributed by atoms with Crippen LogP contribution >= 0.6 is 0 Å². The van der Waals surface area contributed by atoms with E-state index in [9.17, 15) is 0 Å². The van der Waals surface area contributed by atoms with Crippen molar-refractivity contribution in [2.45, 2.75) is 18.9 Å². The van der Waals surface area contributed by atoms with E-state index in [0.29, 0.717) is 5.88 Å². The van der Waals surface area contributed by atoms with Crippen LogP contribution in [0.2, 0.25) is 0 Å². The summed E-state index contributed by atoms with van der Waals surface area (Å²) >= 11 is 0. The average Bonchev–Trinajstić information content (AvgIpc) is 2.35. The molecule has 5 heteroatoms. The van der Waals surface area contributed by atoms with Gasteiger partial charge < -0.3 is 14.8 Å². The van der Waals surface area contributed by atoms with Crippen molar-refractivity contribution in [3.8, 4) is 5.88 Å². The molecule has 5 nitrogen and oxygen atoms in total. The Morgan fingerprint density at radius 2 is 2.12 bits per heavy atom. The first kappa shape index (κ1) is 12.9. The maximum absolute atomic E-state index is 5.03. The van der Waals surface area contributed by atoms with Gasteiger partial charge in [0.15, 0.2) is 0 Å². The van der Waals surface area contributed by atoms with Gasteiger partial charge in [0.2, 0.25) is 5.88 Å². The molecule has 1 N–H and O–H groups in total. The third kappa shape index (κ3) is 3.75. The zero-order chi connectivity index (χ0) is 11.8. The molecule has 1 rings (SSSR count). The topological polar surface area (TPSA) is 56.3 Å². The maximum Gasteiger partial charge on any atom is 0.233 e. The molecule has 0 amide bonds. The number of hydrogen-bond donors (Lipinski definition) is 1. The lowest BCUT2D eigenvalue weighted by Gasteiger charge is -2.14. The van der Waals surface area contributed by atoms with Gasteiger partial charge in [0.1, 0.15) is 0 Å². The quantitative estimate of drug-likeness (QED) is 0.706. The van der Waals surface area contributed by atoms with E-state index in [1.165, 1.54) is 0 Å². The molecule has 1 atom stereocenters. The predicted molar refractivity (Wildman–Crippen MR) is 61.5 cm³/mol. The van der Waals surface area contributed by atoms with E-state index in [4.69, 9.17) is 9.47 Å². The molecule has 1 unspecified atom stereocenters. The van der Waals surface area contributed by atoms with Crippen LogP contribution in [-0.2, 0) is 4.74 Å². The van der Waals surface area contributed by atoms with Crippen LogP contribution < -0.4 is 10.1 Å². The number of ether oxygens (including phenoxy) is 2. The first-order valence-electron chi connectivity index (χ1n) is 5.35.